The standard InChI is InChI=1S/C46H57N7O4/c1-30-17-18-53(29-30)46(54)38-27-43(55-5)44(28-40(38)48)57-24-8-6-7-23-56-36-13-9-33(10-14-36)45-49-41-16-11-34(25-42(41)50-45)31(2)32(3)37-15-12-35(26-39(37)47)52-21-19-51(4)20-22-52/h9-16,25-28,31-32H,1,6-8,17-24,29,47-48H2,2-5H3,(H,49,50). The Hall–Kier alpha value is -5.68. The van der Waals surface area contributed by atoms with Crippen molar-refractivity contribution in [2.24, 2.45) is 0 Å². The molecule has 2 fully saturated rings. The minimum absolute atomic E-state index is 0.115. The number of benzene rings is 4. The number of aromatic nitrogens is 2. The largest absolute Gasteiger partial charge is 0.494 e. The average molecular weight is 772 g/mol. The molecule has 0 spiro atoms. The van der Waals surface area contributed by atoms with Crippen molar-refractivity contribution >= 4 is 34.0 Å². The highest BCUT2D eigenvalue weighted by Crippen LogP contribution is 2.38. The number of likely N-dealkylation sites (tertiary alicyclic amines) is 1. The third kappa shape index (κ3) is 9.15. The number of piperazine rings is 1. The first-order valence-corrected chi connectivity index (χ1v) is 20.2. The Morgan fingerprint density at radius 3 is 2.30 bits per heavy atom. The van der Waals surface area contributed by atoms with Crippen LogP contribution < -0.4 is 30.6 Å². The SMILES string of the molecule is C=C1CCN(C(=O)c2cc(OC)c(OCCCCCOc3ccc(-c4nc5ccc(C(C)C(C)c6ccc(N7CCN(C)CC7)cc6N)cc5[nH]4)cc3)cc2N)C1. The van der Waals surface area contributed by atoms with Gasteiger partial charge >= 0.3 is 0 Å². The Bertz CT molecular complexity index is 2190. The van der Waals surface area contributed by atoms with E-state index in [1.54, 1.807) is 24.1 Å². The quantitative estimate of drug-likeness (QED) is 0.0549. The van der Waals surface area contributed by atoms with Crippen molar-refractivity contribution in [3.8, 4) is 28.6 Å². The van der Waals surface area contributed by atoms with E-state index in [0.29, 0.717) is 49.1 Å². The van der Waals surface area contributed by atoms with Gasteiger partial charge in [-0.05, 0) is 110 Å². The number of carbonyl (C=O) groups excluding carboxylic acids is 1. The Morgan fingerprint density at radius 2 is 1.60 bits per heavy atom. The van der Waals surface area contributed by atoms with Gasteiger partial charge in [-0.1, -0.05) is 38.1 Å². The summed E-state index contributed by atoms with van der Waals surface area (Å²) >= 11 is 0. The zero-order chi connectivity index (χ0) is 40.1. The van der Waals surface area contributed by atoms with E-state index in [2.05, 4.69) is 78.7 Å². The minimum Gasteiger partial charge on any atom is -0.494 e. The van der Waals surface area contributed by atoms with Crippen LogP contribution in [0.3, 0.4) is 0 Å². The molecule has 2 aliphatic heterocycles. The van der Waals surface area contributed by atoms with Crippen LogP contribution in [0.4, 0.5) is 17.1 Å². The van der Waals surface area contributed by atoms with E-state index in [-0.39, 0.29) is 17.7 Å². The number of likely N-dealkylation sites (N-methyl/N-ethyl adjacent to an activating group) is 1. The van der Waals surface area contributed by atoms with Crippen molar-refractivity contribution < 1.29 is 19.0 Å². The molecule has 5 aromatic rings. The van der Waals surface area contributed by atoms with Gasteiger partial charge in [0.05, 0.1) is 36.9 Å². The zero-order valence-electron chi connectivity index (χ0n) is 33.9. The van der Waals surface area contributed by atoms with E-state index >= 15 is 0 Å². The zero-order valence-corrected chi connectivity index (χ0v) is 33.9. The van der Waals surface area contributed by atoms with Crippen LogP contribution in [0, 0.1) is 0 Å². The van der Waals surface area contributed by atoms with Gasteiger partial charge in [-0.15, -0.1) is 0 Å². The van der Waals surface area contributed by atoms with Crippen molar-refractivity contribution in [1.29, 1.82) is 0 Å². The smallest absolute Gasteiger partial charge is 0.256 e. The Kier molecular flexibility index (Phi) is 12.2. The fourth-order valence-corrected chi connectivity index (χ4v) is 7.80. The highest BCUT2D eigenvalue weighted by molar-refractivity contribution is 6.00. The lowest BCUT2D eigenvalue weighted by Gasteiger charge is -2.34. The summed E-state index contributed by atoms with van der Waals surface area (Å²) in [5.74, 6) is 3.08. The summed E-state index contributed by atoms with van der Waals surface area (Å²) in [6.45, 7) is 15.0. The topological polar surface area (TPSA) is 135 Å². The fraction of sp³-hybridized carbons (Fsp3) is 0.391. The van der Waals surface area contributed by atoms with Crippen LogP contribution in [0.5, 0.6) is 17.2 Å². The average Bonchev–Trinajstić information content (AvgIpc) is 3.86. The number of nitrogens with two attached hydrogens (primary N) is 2. The Labute approximate surface area is 336 Å². The number of ether oxygens (including phenoxy) is 3. The molecule has 57 heavy (non-hydrogen) atoms. The highest BCUT2D eigenvalue weighted by Gasteiger charge is 2.25. The van der Waals surface area contributed by atoms with Crippen LogP contribution in [-0.4, -0.2) is 92.3 Å². The maximum Gasteiger partial charge on any atom is 0.256 e. The number of fused-ring (bicyclic) bond motifs is 1. The van der Waals surface area contributed by atoms with Gasteiger partial charge in [0.2, 0.25) is 0 Å². The molecule has 2 aliphatic rings. The number of hydrogen-bond acceptors (Lipinski definition) is 9. The summed E-state index contributed by atoms with van der Waals surface area (Å²) in [6.07, 6.45) is 3.47. The number of nitrogens with one attached hydrogen (secondary N) is 1. The number of amides is 1. The molecule has 1 aromatic heterocycles. The van der Waals surface area contributed by atoms with Gasteiger partial charge in [0.25, 0.3) is 5.91 Å². The van der Waals surface area contributed by atoms with Crippen molar-refractivity contribution in [3.63, 3.8) is 0 Å². The van der Waals surface area contributed by atoms with Crippen LogP contribution in [0.1, 0.15) is 72.9 Å². The molecule has 300 valence electrons. The molecule has 4 aromatic carbocycles. The third-order valence-corrected chi connectivity index (χ3v) is 11.7. The molecule has 0 aliphatic carbocycles. The Morgan fingerprint density at radius 1 is 0.842 bits per heavy atom. The number of carbonyl (C=O) groups is 1. The first-order valence-electron chi connectivity index (χ1n) is 20.2. The van der Waals surface area contributed by atoms with Gasteiger partial charge in [-0.25, -0.2) is 4.98 Å². The number of anilines is 3. The first kappa shape index (κ1) is 39.6. The minimum atomic E-state index is -0.115. The molecule has 5 N–H and O–H groups in total. The van der Waals surface area contributed by atoms with Crippen molar-refractivity contribution in [2.75, 3.05) is 83.0 Å². The van der Waals surface area contributed by atoms with Crippen LogP contribution in [0.25, 0.3) is 22.4 Å². The molecule has 2 unspecified atom stereocenters. The van der Waals surface area contributed by atoms with Crippen molar-refractivity contribution in [2.45, 2.75) is 51.4 Å². The fourth-order valence-electron chi connectivity index (χ4n) is 7.80. The van der Waals surface area contributed by atoms with Gasteiger partial charge in [-0.2, -0.15) is 0 Å². The van der Waals surface area contributed by atoms with Gasteiger partial charge in [0, 0.05) is 68.0 Å². The number of rotatable bonds is 15. The lowest BCUT2D eigenvalue weighted by molar-refractivity contribution is 0.0797. The lowest BCUT2D eigenvalue weighted by Crippen LogP contribution is -2.44. The molecule has 11 heteroatoms. The molecule has 2 atom stereocenters. The normalized spacial score (nSPS) is 15.9. The van der Waals surface area contributed by atoms with E-state index < -0.39 is 0 Å². The number of methoxy groups -OCH3 is 1. The number of hydrogen-bond donors (Lipinski definition) is 3. The van der Waals surface area contributed by atoms with Crippen LogP contribution >= 0.6 is 0 Å². The van der Waals surface area contributed by atoms with Gasteiger partial charge in [0.1, 0.15) is 11.6 Å². The summed E-state index contributed by atoms with van der Waals surface area (Å²) in [5, 5.41) is 0. The third-order valence-electron chi connectivity index (χ3n) is 11.7. The molecule has 1 amide bonds. The molecule has 7 rings (SSSR count). The van der Waals surface area contributed by atoms with E-state index in [1.165, 1.54) is 16.8 Å². The molecular weight excluding hydrogens is 715 g/mol. The number of nitrogens with zero attached hydrogens (tertiary/aromatic N) is 4. The molecular formula is C46H57N7O4. The Balaban J connectivity index is 0.870. The predicted molar refractivity (Wildman–Crippen MR) is 231 cm³/mol. The molecule has 2 saturated heterocycles. The van der Waals surface area contributed by atoms with Crippen LogP contribution in [-0.2, 0) is 0 Å². The number of nitrogen functional groups attached to an aromatic ring is 2. The van der Waals surface area contributed by atoms with Crippen molar-refractivity contribution in [1.82, 2.24) is 19.8 Å². The molecule has 0 saturated carbocycles. The van der Waals surface area contributed by atoms with E-state index in [9.17, 15) is 4.79 Å². The highest BCUT2D eigenvalue weighted by atomic mass is 16.5. The van der Waals surface area contributed by atoms with Gasteiger partial charge in [0.15, 0.2) is 11.5 Å². The number of unbranched alkanes of at least 4 members (excludes halogenated alkanes) is 2. The summed E-state index contributed by atoms with van der Waals surface area (Å²) in [5.41, 5.74) is 22.2. The lowest BCUT2D eigenvalue weighted by atomic mass is 9.83. The second kappa shape index (κ2) is 17.6. The second-order valence-corrected chi connectivity index (χ2v) is 15.6. The summed E-state index contributed by atoms with van der Waals surface area (Å²) in [6, 6.07) is 24.5. The molecule has 11 nitrogen and oxygen atoms in total. The van der Waals surface area contributed by atoms with Crippen LogP contribution in [0.15, 0.2) is 84.9 Å². The van der Waals surface area contributed by atoms with Crippen molar-refractivity contribution in [3.05, 3.63) is 102 Å². The predicted octanol–water partition coefficient (Wildman–Crippen LogP) is 8.09. The maximum atomic E-state index is 13.0. The monoisotopic (exact) mass is 771 g/mol. The summed E-state index contributed by atoms with van der Waals surface area (Å²) in [4.78, 5) is 28.0. The van der Waals surface area contributed by atoms with E-state index in [1.807, 2.05) is 24.3 Å². The number of H-pyrrole nitrogens is 1. The first-order chi connectivity index (χ1) is 27.6. The number of aromatic amines is 1. The van der Waals surface area contributed by atoms with E-state index in [0.717, 1.165) is 91.3 Å². The number of imidazole rings is 1. The summed E-state index contributed by atoms with van der Waals surface area (Å²) in [7, 11) is 3.74. The second-order valence-electron chi connectivity index (χ2n) is 15.6. The molecule has 0 bridgehead atoms. The van der Waals surface area contributed by atoms with Gasteiger partial charge < -0.3 is 45.4 Å². The van der Waals surface area contributed by atoms with Gasteiger partial charge in [-0.3, -0.25) is 4.79 Å². The van der Waals surface area contributed by atoms with Crippen LogP contribution in [0.2, 0.25) is 0 Å². The molecule has 0 radical (unpaired) electrons. The van der Waals surface area contributed by atoms with E-state index in [4.69, 9.17) is 30.7 Å². The maximum absolute atomic E-state index is 13.0. The summed E-state index contributed by atoms with van der Waals surface area (Å²) < 4.78 is 17.6. The molecule has 3 heterocycles.